The number of nitriles is 1. The lowest BCUT2D eigenvalue weighted by atomic mass is 10.3. The average molecular weight is 386 g/mol. The van der Waals surface area contributed by atoms with Gasteiger partial charge in [-0.1, -0.05) is 12.1 Å². The topological polar surface area (TPSA) is 64.5 Å². The molecule has 21 heavy (non-hydrogen) atoms. The fourth-order valence-electron chi connectivity index (χ4n) is 1.94. The maximum Gasteiger partial charge on any atom is 0.150 e. The van der Waals surface area contributed by atoms with Crippen LogP contribution in [0.4, 0.5) is 5.69 Å². The number of nitrogens with one attached hydrogen (secondary N) is 2. The van der Waals surface area contributed by atoms with E-state index in [1.165, 1.54) is 3.57 Å². The number of hydrogen-bond donors (Lipinski definition) is 2. The molecular weight excluding hydrogens is 375 g/mol. The quantitative estimate of drug-likeness (QED) is 0.525. The molecule has 0 aliphatic rings. The summed E-state index contributed by atoms with van der Waals surface area (Å²) in [6.07, 6.45) is 1.67. The molecule has 0 radical (unpaired) electrons. The number of rotatable bonds is 3. The van der Waals surface area contributed by atoms with Gasteiger partial charge in [0.15, 0.2) is 5.82 Å². The molecule has 3 aromatic rings. The second kappa shape index (κ2) is 5.97. The fourth-order valence-corrected chi connectivity index (χ4v) is 2.30. The molecule has 5 heteroatoms. The van der Waals surface area contributed by atoms with Crippen molar-refractivity contribution in [2.45, 2.75) is 0 Å². The van der Waals surface area contributed by atoms with Gasteiger partial charge >= 0.3 is 0 Å². The summed E-state index contributed by atoms with van der Waals surface area (Å²) in [5.74, 6) is 0.566. The summed E-state index contributed by atoms with van der Waals surface area (Å²) in [5.41, 5.74) is 3.16. The molecule has 0 saturated carbocycles. The molecule has 0 fully saturated rings. The minimum absolute atomic E-state index is 0.463. The van der Waals surface area contributed by atoms with Gasteiger partial charge in [0.1, 0.15) is 11.6 Å². The van der Waals surface area contributed by atoms with Crippen molar-refractivity contribution < 1.29 is 0 Å². The Morgan fingerprint density at radius 2 is 1.95 bits per heavy atom. The Balaban J connectivity index is 1.89. The van der Waals surface area contributed by atoms with Crippen LogP contribution < -0.4 is 5.32 Å². The second-order valence-electron chi connectivity index (χ2n) is 4.42. The number of fused-ring (bicyclic) bond motifs is 1. The lowest BCUT2D eigenvalue weighted by Gasteiger charge is -2.01. The number of anilines is 1. The van der Waals surface area contributed by atoms with Crippen LogP contribution in [0.2, 0.25) is 0 Å². The summed E-state index contributed by atoms with van der Waals surface area (Å²) >= 11 is 2.25. The van der Waals surface area contributed by atoms with Gasteiger partial charge in [0.25, 0.3) is 0 Å². The van der Waals surface area contributed by atoms with Gasteiger partial charge in [-0.3, -0.25) is 0 Å². The van der Waals surface area contributed by atoms with Crippen LogP contribution in [0.3, 0.4) is 0 Å². The molecule has 102 valence electrons. The Hall–Kier alpha value is -2.33. The molecule has 3 rings (SSSR count). The van der Waals surface area contributed by atoms with Gasteiger partial charge in [0.2, 0.25) is 0 Å². The van der Waals surface area contributed by atoms with Gasteiger partial charge in [-0.25, -0.2) is 4.98 Å². The van der Waals surface area contributed by atoms with E-state index in [1.807, 2.05) is 48.5 Å². The molecule has 4 nitrogen and oxygen atoms in total. The van der Waals surface area contributed by atoms with Crippen molar-refractivity contribution in [2.75, 3.05) is 5.32 Å². The van der Waals surface area contributed by atoms with Crippen LogP contribution >= 0.6 is 22.6 Å². The summed E-state index contributed by atoms with van der Waals surface area (Å²) in [6, 6.07) is 17.8. The summed E-state index contributed by atoms with van der Waals surface area (Å²) in [6.45, 7) is 0. The molecule has 0 unspecified atom stereocenters. The van der Waals surface area contributed by atoms with Gasteiger partial charge in [-0.05, 0) is 59.0 Å². The third-order valence-electron chi connectivity index (χ3n) is 2.99. The number of aromatic nitrogens is 2. The summed E-state index contributed by atoms with van der Waals surface area (Å²) in [7, 11) is 0. The van der Waals surface area contributed by atoms with E-state index in [0.717, 1.165) is 16.7 Å². The summed E-state index contributed by atoms with van der Waals surface area (Å²) < 4.78 is 1.17. The largest absolute Gasteiger partial charge is 0.360 e. The van der Waals surface area contributed by atoms with E-state index in [2.05, 4.69) is 43.9 Å². The Morgan fingerprint density at radius 3 is 2.67 bits per heavy atom. The zero-order valence-electron chi connectivity index (χ0n) is 11.0. The predicted octanol–water partition coefficient (Wildman–Crippen LogP) is 4.14. The first-order valence-electron chi connectivity index (χ1n) is 6.34. The number of allylic oxidation sites excluding steroid dienone is 1. The van der Waals surface area contributed by atoms with E-state index >= 15 is 0 Å². The van der Waals surface area contributed by atoms with Crippen molar-refractivity contribution in [3.8, 4) is 6.07 Å². The minimum atomic E-state index is 0.463. The van der Waals surface area contributed by atoms with Crippen LogP contribution in [0.5, 0.6) is 0 Å². The van der Waals surface area contributed by atoms with Crippen LogP contribution in [0.15, 0.2) is 54.7 Å². The number of hydrogen-bond acceptors (Lipinski definition) is 3. The standard InChI is InChI=1S/C16H11IN4/c17-12-5-7-13(8-6-12)19-10-11(9-18)16-20-14-3-1-2-4-15(14)21-16/h1-8,10,19H,(H,20,21). The molecule has 1 aromatic heterocycles. The molecule has 0 saturated heterocycles. The fraction of sp³-hybridized carbons (Fsp3) is 0. The van der Waals surface area contributed by atoms with Crippen LogP contribution in [-0.4, -0.2) is 9.97 Å². The lowest BCUT2D eigenvalue weighted by molar-refractivity contribution is 1.27. The van der Waals surface area contributed by atoms with E-state index < -0.39 is 0 Å². The molecule has 0 bridgehead atoms. The highest BCUT2D eigenvalue weighted by Crippen LogP contribution is 2.17. The molecule has 0 aliphatic carbocycles. The van der Waals surface area contributed by atoms with Gasteiger partial charge in [-0.2, -0.15) is 5.26 Å². The first kappa shape index (κ1) is 13.6. The Morgan fingerprint density at radius 1 is 1.19 bits per heavy atom. The number of imidazole rings is 1. The van der Waals surface area contributed by atoms with Crippen LogP contribution in [0, 0.1) is 14.9 Å². The van der Waals surface area contributed by atoms with E-state index in [9.17, 15) is 5.26 Å². The van der Waals surface area contributed by atoms with Crippen molar-refractivity contribution in [1.29, 1.82) is 5.26 Å². The molecule has 2 aromatic carbocycles. The minimum Gasteiger partial charge on any atom is -0.360 e. The van der Waals surface area contributed by atoms with Crippen molar-refractivity contribution in [1.82, 2.24) is 9.97 Å². The monoisotopic (exact) mass is 386 g/mol. The number of para-hydroxylation sites is 2. The molecular formula is C16H11IN4. The second-order valence-corrected chi connectivity index (χ2v) is 5.67. The number of halogens is 1. The third kappa shape index (κ3) is 3.06. The molecule has 0 amide bonds. The number of aromatic amines is 1. The normalized spacial score (nSPS) is 11.3. The van der Waals surface area contributed by atoms with Crippen molar-refractivity contribution in [2.24, 2.45) is 0 Å². The highest BCUT2D eigenvalue weighted by atomic mass is 127. The molecule has 0 atom stereocenters. The lowest BCUT2D eigenvalue weighted by Crippen LogP contribution is -1.92. The Labute approximate surface area is 135 Å². The SMILES string of the molecule is N#CC(=CNc1ccc(I)cc1)c1nc2ccccc2[nH]1. The maximum absolute atomic E-state index is 9.31. The summed E-state index contributed by atoms with van der Waals surface area (Å²) in [4.78, 5) is 7.57. The van der Waals surface area contributed by atoms with E-state index in [1.54, 1.807) is 6.20 Å². The van der Waals surface area contributed by atoms with Crippen LogP contribution in [-0.2, 0) is 0 Å². The Kier molecular flexibility index (Phi) is 3.88. The molecule has 1 heterocycles. The van der Waals surface area contributed by atoms with E-state index in [-0.39, 0.29) is 0 Å². The third-order valence-corrected chi connectivity index (χ3v) is 3.71. The maximum atomic E-state index is 9.31. The Bertz CT molecular complexity index is 808. The first-order chi connectivity index (χ1) is 10.3. The average Bonchev–Trinajstić information content (AvgIpc) is 2.93. The first-order valence-corrected chi connectivity index (χ1v) is 7.41. The van der Waals surface area contributed by atoms with Gasteiger partial charge in [0.05, 0.1) is 11.0 Å². The molecule has 2 N–H and O–H groups in total. The number of H-pyrrole nitrogens is 1. The van der Waals surface area contributed by atoms with Crippen LogP contribution in [0.25, 0.3) is 16.6 Å². The number of benzene rings is 2. The van der Waals surface area contributed by atoms with Gasteiger partial charge in [-0.15, -0.1) is 0 Å². The molecule has 0 aliphatic heterocycles. The van der Waals surface area contributed by atoms with Crippen molar-refractivity contribution in [3.63, 3.8) is 0 Å². The molecule has 0 spiro atoms. The van der Waals surface area contributed by atoms with E-state index in [0.29, 0.717) is 11.4 Å². The van der Waals surface area contributed by atoms with Gasteiger partial charge in [0, 0.05) is 15.5 Å². The van der Waals surface area contributed by atoms with Crippen molar-refractivity contribution >= 4 is 44.9 Å². The summed E-state index contributed by atoms with van der Waals surface area (Å²) in [5, 5.41) is 12.4. The highest BCUT2D eigenvalue weighted by Gasteiger charge is 2.06. The number of nitrogens with zero attached hydrogens (tertiary/aromatic N) is 2. The highest BCUT2D eigenvalue weighted by molar-refractivity contribution is 14.1. The van der Waals surface area contributed by atoms with E-state index in [4.69, 9.17) is 0 Å². The zero-order chi connectivity index (χ0) is 14.7. The van der Waals surface area contributed by atoms with Crippen molar-refractivity contribution in [3.05, 3.63) is 64.1 Å². The van der Waals surface area contributed by atoms with Crippen LogP contribution in [0.1, 0.15) is 5.82 Å². The van der Waals surface area contributed by atoms with Gasteiger partial charge < -0.3 is 10.3 Å². The zero-order valence-corrected chi connectivity index (χ0v) is 13.1. The smallest absolute Gasteiger partial charge is 0.150 e. The predicted molar refractivity (Wildman–Crippen MR) is 92.5 cm³/mol.